The van der Waals surface area contributed by atoms with Crippen molar-refractivity contribution in [3.8, 4) is 0 Å². The van der Waals surface area contributed by atoms with Crippen LogP contribution in [0.15, 0.2) is 18.5 Å². The quantitative estimate of drug-likeness (QED) is 0.734. The van der Waals surface area contributed by atoms with E-state index < -0.39 is 11.6 Å². The topological polar surface area (TPSA) is 64.4 Å². The Kier molecular flexibility index (Phi) is 2.67. The molecular weight excluding hydrogens is 172 g/mol. The van der Waals surface area contributed by atoms with Crippen LogP contribution >= 0.6 is 0 Å². The maximum absolute atomic E-state index is 10.8. The summed E-state index contributed by atoms with van der Waals surface area (Å²) in [5.41, 5.74) is -1.22. The zero-order valence-electron chi connectivity index (χ0n) is 7.60. The van der Waals surface area contributed by atoms with Crippen LogP contribution in [0.3, 0.4) is 0 Å². The molecule has 1 N–H and O–H groups in total. The molecule has 1 unspecified atom stereocenters. The lowest BCUT2D eigenvalue weighted by Gasteiger charge is -2.22. The van der Waals surface area contributed by atoms with Gasteiger partial charge in [-0.25, -0.2) is 4.79 Å². The molecule has 1 heterocycles. The first-order valence-electron chi connectivity index (χ1n) is 3.84. The van der Waals surface area contributed by atoms with Gasteiger partial charge in [0.15, 0.2) is 5.60 Å². The van der Waals surface area contributed by atoms with Crippen molar-refractivity contribution in [2.75, 3.05) is 7.11 Å². The first-order chi connectivity index (χ1) is 6.08. The van der Waals surface area contributed by atoms with Crippen LogP contribution in [-0.2, 0) is 16.1 Å². The van der Waals surface area contributed by atoms with Gasteiger partial charge in [-0.1, -0.05) is 0 Å². The van der Waals surface area contributed by atoms with Gasteiger partial charge in [-0.05, 0) is 13.0 Å². The molecule has 13 heavy (non-hydrogen) atoms. The monoisotopic (exact) mass is 184 g/mol. The summed E-state index contributed by atoms with van der Waals surface area (Å²) in [4.78, 5) is 10.8. The van der Waals surface area contributed by atoms with Crippen molar-refractivity contribution >= 4 is 5.97 Å². The van der Waals surface area contributed by atoms with Crippen LogP contribution in [0.1, 0.15) is 6.92 Å². The smallest absolute Gasteiger partial charge is 0.337 e. The molecule has 0 aliphatic heterocycles. The Hall–Kier alpha value is -1.36. The Morgan fingerprint density at radius 1 is 1.77 bits per heavy atom. The molecule has 1 rings (SSSR count). The number of carboxylic acid groups (broad SMARTS) is 1. The maximum Gasteiger partial charge on any atom is 0.337 e. The molecule has 1 atom stereocenters. The second kappa shape index (κ2) is 3.57. The first kappa shape index (κ1) is 9.73. The fourth-order valence-corrected chi connectivity index (χ4v) is 0.923. The minimum absolute atomic E-state index is 0.200. The molecule has 0 aromatic carbocycles. The molecule has 0 fully saturated rings. The second-order valence-corrected chi connectivity index (χ2v) is 2.94. The highest BCUT2D eigenvalue weighted by atomic mass is 16.5. The lowest BCUT2D eigenvalue weighted by molar-refractivity contribution is -0.162. The summed E-state index contributed by atoms with van der Waals surface area (Å²) in [5, 5.41) is 12.8. The number of methoxy groups -OCH3 is 1. The minimum Gasteiger partial charge on any atom is -0.479 e. The van der Waals surface area contributed by atoms with Crippen molar-refractivity contribution in [3.05, 3.63) is 18.5 Å². The van der Waals surface area contributed by atoms with Gasteiger partial charge in [-0.3, -0.25) is 4.68 Å². The van der Waals surface area contributed by atoms with E-state index in [1.54, 1.807) is 18.5 Å². The number of hydrogen-bond donors (Lipinski definition) is 1. The van der Waals surface area contributed by atoms with Gasteiger partial charge in [0, 0.05) is 19.5 Å². The number of nitrogens with zero attached hydrogens (tertiary/aromatic N) is 2. The average Bonchev–Trinajstić information content (AvgIpc) is 2.56. The summed E-state index contributed by atoms with van der Waals surface area (Å²) in [5.74, 6) is -0.995. The Labute approximate surface area is 75.9 Å². The van der Waals surface area contributed by atoms with E-state index in [0.29, 0.717) is 0 Å². The first-order valence-corrected chi connectivity index (χ1v) is 3.84. The maximum atomic E-state index is 10.8. The number of aliphatic carboxylic acids is 1. The lowest BCUT2D eigenvalue weighted by Crippen LogP contribution is -2.41. The van der Waals surface area contributed by atoms with Crippen LogP contribution < -0.4 is 0 Å². The lowest BCUT2D eigenvalue weighted by atomic mass is 10.1. The van der Waals surface area contributed by atoms with Gasteiger partial charge in [0.25, 0.3) is 0 Å². The van der Waals surface area contributed by atoms with Gasteiger partial charge in [0.2, 0.25) is 0 Å². The van der Waals surface area contributed by atoms with E-state index in [9.17, 15) is 4.79 Å². The van der Waals surface area contributed by atoms with Crippen LogP contribution in [0.4, 0.5) is 0 Å². The van der Waals surface area contributed by atoms with E-state index in [4.69, 9.17) is 9.84 Å². The molecule has 0 aliphatic rings. The summed E-state index contributed by atoms with van der Waals surface area (Å²) in [6, 6.07) is 1.73. The number of hydrogen-bond acceptors (Lipinski definition) is 3. The molecule has 1 aromatic heterocycles. The Bertz CT molecular complexity index is 284. The summed E-state index contributed by atoms with van der Waals surface area (Å²) >= 11 is 0. The summed E-state index contributed by atoms with van der Waals surface area (Å²) < 4.78 is 6.44. The molecule has 5 nitrogen and oxygen atoms in total. The van der Waals surface area contributed by atoms with Crippen molar-refractivity contribution in [2.24, 2.45) is 0 Å². The van der Waals surface area contributed by atoms with Gasteiger partial charge in [0.05, 0.1) is 6.54 Å². The summed E-state index contributed by atoms with van der Waals surface area (Å²) in [6.45, 7) is 1.71. The third kappa shape index (κ3) is 2.06. The minimum atomic E-state index is -1.22. The summed E-state index contributed by atoms with van der Waals surface area (Å²) in [6.07, 6.45) is 3.29. The van der Waals surface area contributed by atoms with Gasteiger partial charge in [-0.2, -0.15) is 5.10 Å². The number of carboxylic acids is 1. The zero-order chi connectivity index (χ0) is 9.90. The Balaban J connectivity index is 2.75. The molecule has 0 saturated carbocycles. The number of carbonyl (C=O) groups is 1. The molecule has 0 spiro atoms. The standard InChI is InChI=1S/C8H12N2O3/c1-8(13-2,7(11)12)6-10-5-3-4-9-10/h3-5H,6H2,1-2H3,(H,11,12). The number of rotatable bonds is 4. The third-order valence-electron chi connectivity index (χ3n) is 1.93. The molecule has 0 saturated heterocycles. The van der Waals surface area contributed by atoms with Crippen molar-refractivity contribution < 1.29 is 14.6 Å². The molecule has 0 radical (unpaired) electrons. The largest absolute Gasteiger partial charge is 0.479 e. The van der Waals surface area contributed by atoms with E-state index in [-0.39, 0.29) is 6.54 Å². The molecular formula is C8H12N2O3. The van der Waals surface area contributed by atoms with E-state index in [0.717, 1.165) is 0 Å². The fraction of sp³-hybridized carbons (Fsp3) is 0.500. The van der Waals surface area contributed by atoms with Gasteiger partial charge >= 0.3 is 5.97 Å². The van der Waals surface area contributed by atoms with Crippen LogP contribution in [0.5, 0.6) is 0 Å². The van der Waals surface area contributed by atoms with Crippen molar-refractivity contribution in [1.29, 1.82) is 0 Å². The number of aromatic nitrogens is 2. The molecule has 0 aliphatic carbocycles. The molecule has 72 valence electrons. The van der Waals surface area contributed by atoms with Crippen LogP contribution in [0.25, 0.3) is 0 Å². The van der Waals surface area contributed by atoms with Crippen LogP contribution in [0, 0.1) is 0 Å². The molecule has 1 aromatic rings. The predicted molar refractivity (Wildman–Crippen MR) is 45.3 cm³/mol. The van der Waals surface area contributed by atoms with Crippen molar-refractivity contribution in [3.63, 3.8) is 0 Å². The van der Waals surface area contributed by atoms with Gasteiger partial charge in [-0.15, -0.1) is 0 Å². The third-order valence-corrected chi connectivity index (χ3v) is 1.93. The van der Waals surface area contributed by atoms with E-state index >= 15 is 0 Å². The van der Waals surface area contributed by atoms with Crippen LogP contribution in [-0.4, -0.2) is 33.6 Å². The Morgan fingerprint density at radius 2 is 2.46 bits per heavy atom. The SMILES string of the molecule is COC(C)(Cn1cccn1)C(=O)O. The molecule has 5 heteroatoms. The Morgan fingerprint density at radius 3 is 2.85 bits per heavy atom. The van der Waals surface area contributed by atoms with E-state index in [2.05, 4.69) is 5.10 Å². The highest BCUT2D eigenvalue weighted by Crippen LogP contribution is 2.11. The van der Waals surface area contributed by atoms with Gasteiger partial charge in [0.1, 0.15) is 0 Å². The van der Waals surface area contributed by atoms with Crippen molar-refractivity contribution in [1.82, 2.24) is 9.78 Å². The fourth-order valence-electron chi connectivity index (χ4n) is 0.923. The van der Waals surface area contributed by atoms with E-state index in [1.807, 2.05) is 0 Å². The molecule has 0 amide bonds. The predicted octanol–water partition coefficient (Wildman–Crippen LogP) is 0.373. The average molecular weight is 184 g/mol. The summed E-state index contributed by atoms with van der Waals surface area (Å²) in [7, 11) is 1.37. The zero-order valence-corrected chi connectivity index (χ0v) is 7.60. The van der Waals surface area contributed by atoms with Crippen molar-refractivity contribution in [2.45, 2.75) is 19.1 Å². The second-order valence-electron chi connectivity index (χ2n) is 2.94. The number of ether oxygens (including phenoxy) is 1. The highest BCUT2D eigenvalue weighted by Gasteiger charge is 2.33. The molecule has 0 bridgehead atoms. The van der Waals surface area contributed by atoms with E-state index in [1.165, 1.54) is 18.7 Å². The normalized spacial score (nSPS) is 15.2. The van der Waals surface area contributed by atoms with Gasteiger partial charge < -0.3 is 9.84 Å². The van der Waals surface area contributed by atoms with Crippen LogP contribution in [0.2, 0.25) is 0 Å². The highest BCUT2D eigenvalue weighted by molar-refractivity contribution is 5.76.